The molecule has 0 saturated carbocycles. The fourth-order valence-corrected chi connectivity index (χ4v) is 2.08. The number of hydrogen-bond donors (Lipinski definition) is 2. The lowest BCUT2D eigenvalue weighted by Gasteiger charge is -2.17. The zero-order chi connectivity index (χ0) is 18.2. The minimum atomic E-state index is -0.546. The van der Waals surface area contributed by atoms with Gasteiger partial charge >= 0.3 is 5.97 Å². The molecule has 0 fully saturated rings. The molecular weight excluding hydrogens is 320 g/mol. The minimum absolute atomic E-state index is 0.0217. The van der Waals surface area contributed by atoms with Crippen molar-refractivity contribution in [2.45, 2.75) is 33.4 Å². The van der Waals surface area contributed by atoms with Crippen molar-refractivity contribution in [1.29, 1.82) is 0 Å². The summed E-state index contributed by atoms with van der Waals surface area (Å²) >= 11 is 0. The third-order valence-corrected chi connectivity index (χ3v) is 3.90. The van der Waals surface area contributed by atoms with Crippen molar-refractivity contribution in [3.8, 4) is 0 Å². The van der Waals surface area contributed by atoms with Gasteiger partial charge in [0.05, 0.1) is 18.4 Å². The molecule has 2 rings (SSSR count). The van der Waals surface area contributed by atoms with Crippen molar-refractivity contribution in [2.75, 3.05) is 11.9 Å². The van der Waals surface area contributed by atoms with E-state index in [1.54, 1.807) is 30.5 Å². The second-order valence-electron chi connectivity index (χ2n) is 6.15. The number of esters is 1. The van der Waals surface area contributed by atoms with Crippen LogP contribution in [0.2, 0.25) is 0 Å². The Bertz CT molecular complexity index is 695. The number of carbonyl (C=O) groups is 2. The van der Waals surface area contributed by atoms with Crippen LogP contribution in [0, 0.1) is 5.92 Å². The number of para-hydroxylation sites is 1. The van der Waals surface area contributed by atoms with Crippen molar-refractivity contribution < 1.29 is 18.7 Å². The number of benzene rings is 1. The second kappa shape index (κ2) is 8.92. The molecule has 0 radical (unpaired) electrons. The molecule has 1 aromatic carbocycles. The van der Waals surface area contributed by atoms with E-state index >= 15 is 0 Å². The average Bonchev–Trinajstić information content (AvgIpc) is 3.11. The average molecular weight is 344 g/mol. The van der Waals surface area contributed by atoms with E-state index in [9.17, 15) is 9.59 Å². The summed E-state index contributed by atoms with van der Waals surface area (Å²) in [6.07, 6.45) is 1.59. The summed E-state index contributed by atoms with van der Waals surface area (Å²) in [6.45, 7) is 6.08. The molecule has 0 aliphatic carbocycles. The Morgan fingerprint density at radius 1 is 1.12 bits per heavy atom. The third kappa shape index (κ3) is 5.67. The van der Waals surface area contributed by atoms with E-state index in [1.165, 1.54) is 0 Å². The van der Waals surface area contributed by atoms with E-state index < -0.39 is 5.97 Å². The van der Waals surface area contributed by atoms with Crippen LogP contribution in [0.3, 0.4) is 0 Å². The lowest BCUT2D eigenvalue weighted by atomic mass is 10.1. The second-order valence-corrected chi connectivity index (χ2v) is 6.15. The van der Waals surface area contributed by atoms with Crippen LogP contribution in [0.1, 0.15) is 36.9 Å². The molecule has 0 aliphatic rings. The summed E-state index contributed by atoms with van der Waals surface area (Å²) in [5.74, 6) is 0.210. The molecule has 0 bridgehead atoms. The maximum absolute atomic E-state index is 12.3. The van der Waals surface area contributed by atoms with E-state index in [-0.39, 0.29) is 18.6 Å². The Hall–Kier alpha value is -2.76. The number of rotatable bonds is 8. The fourth-order valence-electron chi connectivity index (χ4n) is 2.08. The summed E-state index contributed by atoms with van der Waals surface area (Å²) in [5, 5.41) is 5.94. The predicted octanol–water partition coefficient (Wildman–Crippen LogP) is 3.21. The van der Waals surface area contributed by atoms with Crippen LogP contribution in [-0.2, 0) is 16.1 Å². The van der Waals surface area contributed by atoms with E-state index in [4.69, 9.17) is 9.15 Å². The first kappa shape index (κ1) is 18.6. The molecule has 25 heavy (non-hydrogen) atoms. The molecule has 0 spiro atoms. The lowest BCUT2D eigenvalue weighted by Crippen LogP contribution is -2.38. The Kier molecular flexibility index (Phi) is 6.62. The molecule has 0 unspecified atom stereocenters. The first-order chi connectivity index (χ1) is 12.0. The van der Waals surface area contributed by atoms with Gasteiger partial charge < -0.3 is 19.8 Å². The summed E-state index contributed by atoms with van der Waals surface area (Å²) in [6, 6.07) is 10.7. The van der Waals surface area contributed by atoms with Gasteiger partial charge in [0.15, 0.2) is 6.61 Å². The minimum Gasteiger partial charge on any atom is -0.467 e. The number of anilines is 1. The lowest BCUT2D eigenvalue weighted by molar-refractivity contribution is -0.125. The van der Waals surface area contributed by atoms with Gasteiger partial charge in [0.25, 0.3) is 5.91 Å². The highest BCUT2D eigenvalue weighted by Crippen LogP contribution is 2.17. The van der Waals surface area contributed by atoms with Crippen molar-refractivity contribution in [3.63, 3.8) is 0 Å². The van der Waals surface area contributed by atoms with Gasteiger partial charge in [-0.15, -0.1) is 0 Å². The summed E-state index contributed by atoms with van der Waals surface area (Å²) < 4.78 is 10.4. The van der Waals surface area contributed by atoms with Crippen molar-refractivity contribution in [1.82, 2.24) is 5.32 Å². The molecule has 6 heteroatoms. The SMILES string of the molecule is CC(C)[C@H](C)NC(=O)COC(=O)c1ccccc1NCc1ccco1. The monoisotopic (exact) mass is 344 g/mol. The van der Waals surface area contributed by atoms with Gasteiger partial charge in [0, 0.05) is 11.7 Å². The molecule has 1 heterocycles. The molecule has 1 atom stereocenters. The fraction of sp³-hybridized carbons (Fsp3) is 0.368. The number of hydrogen-bond acceptors (Lipinski definition) is 5. The number of carbonyl (C=O) groups excluding carboxylic acids is 2. The maximum Gasteiger partial charge on any atom is 0.340 e. The Balaban J connectivity index is 1.91. The summed E-state index contributed by atoms with van der Waals surface area (Å²) in [5.41, 5.74) is 0.999. The van der Waals surface area contributed by atoms with Gasteiger partial charge in [0.2, 0.25) is 0 Å². The molecule has 2 aromatic rings. The zero-order valence-corrected chi connectivity index (χ0v) is 14.7. The Labute approximate surface area is 147 Å². The van der Waals surface area contributed by atoms with Crippen LogP contribution in [-0.4, -0.2) is 24.5 Å². The number of nitrogens with one attached hydrogen (secondary N) is 2. The van der Waals surface area contributed by atoms with E-state index in [1.807, 2.05) is 32.9 Å². The number of furan rings is 1. The topological polar surface area (TPSA) is 80.6 Å². The van der Waals surface area contributed by atoms with E-state index in [2.05, 4.69) is 10.6 Å². The highest BCUT2D eigenvalue weighted by atomic mass is 16.5. The first-order valence-corrected chi connectivity index (χ1v) is 8.29. The van der Waals surface area contributed by atoms with Crippen molar-refractivity contribution in [2.24, 2.45) is 5.92 Å². The van der Waals surface area contributed by atoms with Crippen LogP contribution in [0.15, 0.2) is 47.1 Å². The molecule has 1 amide bonds. The zero-order valence-electron chi connectivity index (χ0n) is 14.7. The van der Waals surface area contributed by atoms with Crippen molar-refractivity contribution >= 4 is 17.6 Å². The molecule has 2 N–H and O–H groups in total. The largest absolute Gasteiger partial charge is 0.467 e. The van der Waals surface area contributed by atoms with Gasteiger partial charge in [-0.2, -0.15) is 0 Å². The van der Waals surface area contributed by atoms with E-state index in [0.29, 0.717) is 23.7 Å². The van der Waals surface area contributed by atoms with Gasteiger partial charge in [-0.25, -0.2) is 4.79 Å². The molecule has 0 aliphatic heterocycles. The summed E-state index contributed by atoms with van der Waals surface area (Å²) in [7, 11) is 0. The first-order valence-electron chi connectivity index (χ1n) is 8.29. The number of amides is 1. The van der Waals surface area contributed by atoms with E-state index in [0.717, 1.165) is 5.76 Å². The quantitative estimate of drug-likeness (QED) is 0.719. The third-order valence-electron chi connectivity index (χ3n) is 3.90. The maximum atomic E-state index is 12.3. The molecule has 0 saturated heterocycles. The Morgan fingerprint density at radius 2 is 1.88 bits per heavy atom. The van der Waals surface area contributed by atoms with Crippen LogP contribution in [0.4, 0.5) is 5.69 Å². The van der Waals surface area contributed by atoms with Crippen LogP contribution in [0.5, 0.6) is 0 Å². The molecule has 6 nitrogen and oxygen atoms in total. The van der Waals surface area contributed by atoms with Crippen LogP contribution in [0.25, 0.3) is 0 Å². The summed E-state index contributed by atoms with van der Waals surface area (Å²) in [4.78, 5) is 24.1. The van der Waals surface area contributed by atoms with Gasteiger partial charge in [-0.3, -0.25) is 4.79 Å². The standard InChI is InChI=1S/C19H24N2O4/c1-13(2)14(3)21-18(22)12-25-19(23)16-8-4-5-9-17(16)20-11-15-7-6-10-24-15/h4-10,13-14,20H,11-12H2,1-3H3,(H,21,22)/t14-/m0/s1. The normalized spacial score (nSPS) is 11.8. The number of ether oxygens (including phenoxy) is 1. The molecule has 134 valence electrons. The molecular formula is C19H24N2O4. The van der Waals surface area contributed by atoms with Gasteiger partial charge in [-0.05, 0) is 37.1 Å². The van der Waals surface area contributed by atoms with Crippen LogP contribution < -0.4 is 10.6 Å². The van der Waals surface area contributed by atoms with Gasteiger partial charge in [-0.1, -0.05) is 26.0 Å². The van der Waals surface area contributed by atoms with Crippen molar-refractivity contribution in [3.05, 3.63) is 54.0 Å². The highest BCUT2D eigenvalue weighted by molar-refractivity contribution is 5.96. The van der Waals surface area contributed by atoms with Crippen LogP contribution >= 0.6 is 0 Å². The molecule has 1 aromatic heterocycles. The Morgan fingerprint density at radius 3 is 2.56 bits per heavy atom. The van der Waals surface area contributed by atoms with Gasteiger partial charge in [0.1, 0.15) is 5.76 Å². The smallest absolute Gasteiger partial charge is 0.340 e. The predicted molar refractivity (Wildman–Crippen MR) is 95.2 cm³/mol. The highest BCUT2D eigenvalue weighted by Gasteiger charge is 2.16.